The Morgan fingerprint density at radius 3 is 2.82 bits per heavy atom. The van der Waals surface area contributed by atoms with Crippen LogP contribution in [-0.4, -0.2) is 40.5 Å². The number of aromatic nitrogens is 2. The van der Waals surface area contributed by atoms with Gasteiger partial charge in [0.2, 0.25) is 0 Å². The number of carbonyl (C=O) groups excluding carboxylic acids is 1. The molecule has 9 heteroatoms. The number of aromatic amines is 1. The Bertz CT molecular complexity index is 1110. The summed E-state index contributed by atoms with van der Waals surface area (Å²) in [6.45, 7) is 1.33. The number of fused-ring (bicyclic) bond motifs is 1. The molecule has 1 aliphatic rings. The topological polar surface area (TPSA) is 121 Å². The van der Waals surface area contributed by atoms with Gasteiger partial charge in [0, 0.05) is 53.6 Å². The SMILES string of the molecule is NC(=O)N1CCN(c2cc(N)nc3cc(Cl)ccc23)CC1c1ccc[nH]c1=O. The summed E-state index contributed by atoms with van der Waals surface area (Å²) in [5.74, 6) is 0.371. The average molecular weight is 399 g/mol. The van der Waals surface area contributed by atoms with Gasteiger partial charge in [-0.3, -0.25) is 4.79 Å². The number of rotatable bonds is 2. The smallest absolute Gasteiger partial charge is 0.315 e. The standard InChI is InChI=1S/C19H19ClN6O2/c20-11-3-4-12-14(8-11)24-17(21)9-15(12)25-6-7-26(19(22)28)16(10-25)13-2-1-5-23-18(13)27/h1-5,8-9,16H,6-7,10H2,(H2,21,24)(H2,22,28)(H,23,27). The van der Waals surface area contributed by atoms with Crippen LogP contribution in [0.3, 0.4) is 0 Å². The predicted molar refractivity (Wildman–Crippen MR) is 109 cm³/mol. The van der Waals surface area contributed by atoms with Gasteiger partial charge >= 0.3 is 6.03 Å². The van der Waals surface area contributed by atoms with Crippen LogP contribution in [-0.2, 0) is 0 Å². The van der Waals surface area contributed by atoms with E-state index < -0.39 is 12.1 Å². The molecule has 0 saturated carbocycles. The molecule has 1 aliphatic heterocycles. The fraction of sp³-hybridized carbons (Fsp3) is 0.211. The molecule has 0 aliphatic carbocycles. The first-order valence-electron chi connectivity index (χ1n) is 8.78. The van der Waals surface area contributed by atoms with Gasteiger partial charge in [-0.25, -0.2) is 9.78 Å². The highest BCUT2D eigenvalue weighted by Crippen LogP contribution is 2.33. The first kappa shape index (κ1) is 18.1. The van der Waals surface area contributed by atoms with Crippen molar-refractivity contribution in [3.8, 4) is 0 Å². The first-order chi connectivity index (χ1) is 13.4. The Labute approximate surface area is 165 Å². The fourth-order valence-electron chi connectivity index (χ4n) is 3.69. The van der Waals surface area contributed by atoms with Crippen molar-refractivity contribution >= 4 is 40.0 Å². The zero-order valence-corrected chi connectivity index (χ0v) is 15.7. The normalized spacial score (nSPS) is 17.1. The van der Waals surface area contributed by atoms with Crippen LogP contribution in [0.15, 0.2) is 47.4 Å². The number of piperazine rings is 1. The summed E-state index contributed by atoms with van der Waals surface area (Å²) in [6.07, 6.45) is 1.56. The van der Waals surface area contributed by atoms with Crippen LogP contribution in [0.4, 0.5) is 16.3 Å². The Morgan fingerprint density at radius 1 is 1.25 bits per heavy atom. The van der Waals surface area contributed by atoms with Crippen LogP contribution in [0.5, 0.6) is 0 Å². The second-order valence-electron chi connectivity index (χ2n) is 6.68. The van der Waals surface area contributed by atoms with E-state index in [2.05, 4.69) is 14.9 Å². The van der Waals surface area contributed by atoms with E-state index in [-0.39, 0.29) is 5.56 Å². The maximum Gasteiger partial charge on any atom is 0.315 e. The van der Waals surface area contributed by atoms with Crippen LogP contribution in [0, 0.1) is 0 Å². The first-order valence-corrected chi connectivity index (χ1v) is 9.16. The highest BCUT2D eigenvalue weighted by Gasteiger charge is 2.32. The van der Waals surface area contributed by atoms with Gasteiger partial charge in [0.25, 0.3) is 5.56 Å². The van der Waals surface area contributed by atoms with Crippen molar-refractivity contribution in [2.75, 3.05) is 30.3 Å². The minimum atomic E-state index is -0.557. The number of halogens is 1. The molecule has 2 amide bonds. The van der Waals surface area contributed by atoms with Gasteiger partial charge in [0.15, 0.2) is 0 Å². The van der Waals surface area contributed by atoms with Crippen molar-refractivity contribution in [3.05, 3.63) is 63.5 Å². The van der Waals surface area contributed by atoms with Gasteiger partial charge < -0.3 is 26.3 Å². The Hall–Kier alpha value is -3.26. The van der Waals surface area contributed by atoms with Gasteiger partial charge in [-0.05, 0) is 30.3 Å². The second kappa shape index (κ2) is 7.05. The van der Waals surface area contributed by atoms with Crippen LogP contribution >= 0.6 is 11.6 Å². The van der Waals surface area contributed by atoms with Crippen molar-refractivity contribution in [3.63, 3.8) is 0 Å². The summed E-state index contributed by atoms with van der Waals surface area (Å²) in [5, 5.41) is 1.47. The molecule has 4 rings (SSSR count). The minimum Gasteiger partial charge on any atom is -0.384 e. The number of primary amides is 1. The largest absolute Gasteiger partial charge is 0.384 e. The third-order valence-corrected chi connectivity index (χ3v) is 5.22. The van der Waals surface area contributed by atoms with Gasteiger partial charge in [0.1, 0.15) is 5.82 Å². The molecule has 1 atom stereocenters. The lowest BCUT2D eigenvalue weighted by Gasteiger charge is -2.41. The molecule has 8 nitrogen and oxygen atoms in total. The van der Waals surface area contributed by atoms with E-state index in [1.54, 1.807) is 36.5 Å². The number of benzene rings is 1. The van der Waals surface area contributed by atoms with E-state index >= 15 is 0 Å². The summed E-state index contributed by atoms with van der Waals surface area (Å²) < 4.78 is 0. The number of carbonyl (C=O) groups is 1. The molecule has 3 aromatic rings. The highest BCUT2D eigenvalue weighted by atomic mass is 35.5. The summed E-state index contributed by atoms with van der Waals surface area (Å²) >= 11 is 6.09. The maximum atomic E-state index is 12.3. The molecule has 2 aromatic heterocycles. The lowest BCUT2D eigenvalue weighted by atomic mass is 10.0. The molecular weight excluding hydrogens is 380 g/mol. The van der Waals surface area contributed by atoms with Crippen molar-refractivity contribution < 1.29 is 4.79 Å². The van der Waals surface area contributed by atoms with Gasteiger partial charge in [-0.2, -0.15) is 0 Å². The number of hydrogen-bond acceptors (Lipinski definition) is 5. The van der Waals surface area contributed by atoms with E-state index in [0.29, 0.717) is 41.6 Å². The molecular formula is C19H19ClN6O2. The Balaban J connectivity index is 1.78. The molecule has 1 unspecified atom stereocenters. The second-order valence-corrected chi connectivity index (χ2v) is 7.11. The average Bonchev–Trinajstić information content (AvgIpc) is 2.67. The summed E-state index contributed by atoms with van der Waals surface area (Å²) in [7, 11) is 0. The number of H-pyrrole nitrogens is 1. The van der Waals surface area contributed by atoms with Gasteiger partial charge in [-0.1, -0.05) is 11.6 Å². The lowest BCUT2D eigenvalue weighted by Crippen LogP contribution is -2.53. The molecule has 3 heterocycles. The summed E-state index contributed by atoms with van der Waals surface area (Å²) in [6, 6.07) is 9.65. The Morgan fingerprint density at radius 2 is 2.07 bits per heavy atom. The highest BCUT2D eigenvalue weighted by molar-refractivity contribution is 6.31. The minimum absolute atomic E-state index is 0.244. The van der Waals surface area contributed by atoms with Crippen molar-refractivity contribution in [2.24, 2.45) is 5.73 Å². The molecule has 1 fully saturated rings. The lowest BCUT2D eigenvalue weighted by molar-refractivity contribution is 0.175. The van der Waals surface area contributed by atoms with Crippen LogP contribution < -0.4 is 21.9 Å². The van der Waals surface area contributed by atoms with Crippen molar-refractivity contribution in [1.29, 1.82) is 0 Å². The number of hydrogen-bond donors (Lipinski definition) is 3. The molecule has 1 aromatic carbocycles. The predicted octanol–water partition coefficient (Wildman–Crippen LogP) is 2.10. The molecule has 0 spiro atoms. The number of nitrogens with two attached hydrogens (primary N) is 2. The number of pyridine rings is 2. The number of urea groups is 1. The van der Waals surface area contributed by atoms with E-state index in [1.807, 2.05) is 6.07 Å². The maximum absolute atomic E-state index is 12.3. The molecule has 28 heavy (non-hydrogen) atoms. The number of nitrogens with zero attached hydrogens (tertiary/aromatic N) is 3. The quantitative estimate of drug-likeness (QED) is 0.610. The zero-order valence-electron chi connectivity index (χ0n) is 14.9. The van der Waals surface area contributed by atoms with Crippen LogP contribution in [0.1, 0.15) is 11.6 Å². The fourth-order valence-corrected chi connectivity index (χ4v) is 3.86. The molecule has 0 bridgehead atoms. The molecule has 144 valence electrons. The monoisotopic (exact) mass is 398 g/mol. The van der Waals surface area contributed by atoms with E-state index in [9.17, 15) is 9.59 Å². The van der Waals surface area contributed by atoms with Crippen LogP contribution in [0.2, 0.25) is 5.02 Å². The van der Waals surface area contributed by atoms with Crippen molar-refractivity contribution in [2.45, 2.75) is 6.04 Å². The van der Waals surface area contributed by atoms with E-state index in [0.717, 1.165) is 11.1 Å². The molecule has 5 N–H and O–H groups in total. The molecule has 1 saturated heterocycles. The summed E-state index contributed by atoms with van der Waals surface area (Å²) in [5.41, 5.74) is 13.4. The zero-order chi connectivity index (χ0) is 19.8. The summed E-state index contributed by atoms with van der Waals surface area (Å²) in [4.78, 5) is 34.9. The van der Waals surface area contributed by atoms with E-state index in [1.165, 1.54) is 4.90 Å². The number of amides is 2. The number of nitrogens with one attached hydrogen (secondary N) is 1. The van der Waals surface area contributed by atoms with Crippen molar-refractivity contribution in [1.82, 2.24) is 14.9 Å². The van der Waals surface area contributed by atoms with Gasteiger partial charge in [0.05, 0.1) is 11.6 Å². The van der Waals surface area contributed by atoms with E-state index in [4.69, 9.17) is 23.1 Å². The third kappa shape index (κ3) is 3.22. The molecule has 0 radical (unpaired) electrons. The van der Waals surface area contributed by atoms with Gasteiger partial charge in [-0.15, -0.1) is 0 Å². The number of nitrogen functional groups attached to an aromatic ring is 1. The van der Waals surface area contributed by atoms with Crippen LogP contribution in [0.25, 0.3) is 10.9 Å². The third-order valence-electron chi connectivity index (χ3n) is 4.98. The number of anilines is 2. The Kier molecular flexibility index (Phi) is 4.56.